The van der Waals surface area contributed by atoms with Crippen molar-refractivity contribution >= 4 is 0 Å². The summed E-state index contributed by atoms with van der Waals surface area (Å²) in [5, 5.41) is 3.55. The molecule has 0 bridgehead atoms. The summed E-state index contributed by atoms with van der Waals surface area (Å²) in [7, 11) is 0. The quantitative estimate of drug-likeness (QED) is 0.706. The molecule has 2 fully saturated rings. The molecule has 1 heterocycles. The summed E-state index contributed by atoms with van der Waals surface area (Å²) in [5.74, 6) is 1.01. The van der Waals surface area contributed by atoms with Crippen LogP contribution in [-0.4, -0.2) is 25.3 Å². The molecule has 0 spiro atoms. The molecular weight excluding hydrogens is 186 g/mol. The largest absolute Gasteiger partial charge is 0.374 e. The van der Waals surface area contributed by atoms with Crippen molar-refractivity contribution < 1.29 is 4.74 Å². The summed E-state index contributed by atoms with van der Waals surface area (Å²) < 4.78 is 5.77. The number of rotatable bonds is 5. The molecule has 1 saturated carbocycles. The van der Waals surface area contributed by atoms with Gasteiger partial charge in [0.1, 0.15) is 0 Å². The van der Waals surface area contributed by atoms with Gasteiger partial charge in [0, 0.05) is 6.54 Å². The minimum absolute atomic E-state index is 0.489. The number of nitrogens with one attached hydrogen (secondary N) is 1. The van der Waals surface area contributed by atoms with E-state index in [4.69, 9.17) is 4.74 Å². The number of hydrogen-bond acceptors (Lipinski definition) is 2. The van der Waals surface area contributed by atoms with Crippen LogP contribution in [0.25, 0.3) is 0 Å². The SMILES string of the molecule is CC1CCC(CNCCC2CCCC2)O1. The van der Waals surface area contributed by atoms with Crippen LogP contribution in [0.5, 0.6) is 0 Å². The fourth-order valence-corrected chi connectivity index (χ4v) is 2.90. The van der Waals surface area contributed by atoms with Gasteiger partial charge in [0.25, 0.3) is 0 Å². The molecule has 2 aliphatic rings. The fraction of sp³-hybridized carbons (Fsp3) is 1.00. The second-order valence-corrected chi connectivity index (χ2v) is 5.29. The van der Waals surface area contributed by atoms with Crippen molar-refractivity contribution in [2.24, 2.45) is 5.92 Å². The molecule has 1 saturated heterocycles. The van der Waals surface area contributed by atoms with Gasteiger partial charge in [-0.3, -0.25) is 0 Å². The van der Waals surface area contributed by atoms with Crippen molar-refractivity contribution in [3.63, 3.8) is 0 Å². The monoisotopic (exact) mass is 211 g/mol. The van der Waals surface area contributed by atoms with Crippen LogP contribution < -0.4 is 5.32 Å². The molecule has 15 heavy (non-hydrogen) atoms. The number of hydrogen-bond donors (Lipinski definition) is 1. The first kappa shape index (κ1) is 11.4. The van der Waals surface area contributed by atoms with E-state index in [1.165, 1.54) is 51.5 Å². The van der Waals surface area contributed by atoms with Gasteiger partial charge in [-0.2, -0.15) is 0 Å². The van der Waals surface area contributed by atoms with Gasteiger partial charge < -0.3 is 10.1 Å². The van der Waals surface area contributed by atoms with E-state index in [-0.39, 0.29) is 0 Å². The Labute approximate surface area is 93.8 Å². The van der Waals surface area contributed by atoms with Crippen molar-refractivity contribution in [1.82, 2.24) is 5.32 Å². The van der Waals surface area contributed by atoms with E-state index in [1.54, 1.807) is 0 Å². The van der Waals surface area contributed by atoms with Crippen LogP contribution in [0.1, 0.15) is 51.9 Å². The van der Waals surface area contributed by atoms with Gasteiger partial charge in [-0.15, -0.1) is 0 Å². The van der Waals surface area contributed by atoms with E-state index in [0.717, 1.165) is 12.5 Å². The third kappa shape index (κ3) is 3.76. The van der Waals surface area contributed by atoms with Crippen molar-refractivity contribution in [3.8, 4) is 0 Å². The maximum Gasteiger partial charge on any atom is 0.0704 e. The topological polar surface area (TPSA) is 21.3 Å². The highest BCUT2D eigenvalue weighted by molar-refractivity contribution is 4.73. The van der Waals surface area contributed by atoms with Crippen LogP contribution in [0.15, 0.2) is 0 Å². The van der Waals surface area contributed by atoms with Crippen molar-refractivity contribution in [2.75, 3.05) is 13.1 Å². The van der Waals surface area contributed by atoms with Crippen molar-refractivity contribution in [1.29, 1.82) is 0 Å². The zero-order valence-electron chi connectivity index (χ0n) is 10.0. The second kappa shape index (κ2) is 5.86. The van der Waals surface area contributed by atoms with E-state index in [2.05, 4.69) is 12.2 Å². The van der Waals surface area contributed by atoms with Crippen LogP contribution >= 0.6 is 0 Å². The van der Waals surface area contributed by atoms with Gasteiger partial charge in [-0.1, -0.05) is 25.7 Å². The summed E-state index contributed by atoms with van der Waals surface area (Å²) in [6, 6.07) is 0. The predicted octanol–water partition coefficient (Wildman–Crippen LogP) is 2.72. The minimum Gasteiger partial charge on any atom is -0.374 e. The Hall–Kier alpha value is -0.0800. The first-order valence-electron chi connectivity index (χ1n) is 6.71. The van der Waals surface area contributed by atoms with E-state index in [1.807, 2.05) is 0 Å². The molecule has 2 rings (SSSR count). The first-order valence-corrected chi connectivity index (χ1v) is 6.71. The van der Waals surface area contributed by atoms with E-state index in [9.17, 15) is 0 Å². The van der Waals surface area contributed by atoms with Crippen LogP contribution in [-0.2, 0) is 4.74 Å². The normalized spacial score (nSPS) is 32.6. The van der Waals surface area contributed by atoms with E-state index >= 15 is 0 Å². The predicted molar refractivity (Wildman–Crippen MR) is 63.0 cm³/mol. The van der Waals surface area contributed by atoms with Crippen LogP contribution in [0.3, 0.4) is 0 Å². The molecule has 1 aliphatic heterocycles. The molecule has 1 aliphatic carbocycles. The Morgan fingerprint density at radius 2 is 1.93 bits per heavy atom. The molecule has 2 atom stereocenters. The van der Waals surface area contributed by atoms with Gasteiger partial charge in [0.2, 0.25) is 0 Å². The maximum absolute atomic E-state index is 5.77. The Kier molecular flexibility index (Phi) is 4.45. The molecule has 1 N–H and O–H groups in total. The maximum atomic E-state index is 5.77. The highest BCUT2D eigenvalue weighted by Gasteiger charge is 2.21. The third-order valence-corrected chi connectivity index (χ3v) is 3.90. The van der Waals surface area contributed by atoms with Crippen LogP contribution in [0.4, 0.5) is 0 Å². The van der Waals surface area contributed by atoms with Crippen molar-refractivity contribution in [3.05, 3.63) is 0 Å². The lowest BCUT2D eigenvalue weighted by atomic mass is 10.0. The van der Waals surface area contributed by atoms with Crippen LogP contribution in [0, 0.1) is 5.92 Å². The third-order valence-electron chi connectivity index (χ3n) is 3.90. The van der Waals surface area contributed by atoms with Gasteiger partial charge in [-0.05, 0) is 38.6 Å². The smallest absolute Gasteiger partial charge is 0.0704 e. The summed E-state index contributed by atoms with van der Waals surface area (Å²) >= 11 is 0. The fourth-order valence-electron chi connectivity index (χ4n) is 2.90. The Morgan fingerprint density at radius 3 is 2.60 bits per heavy atom. The van der Waals surface area contributed by atoms with Crippen molar-refractivity contribution in [2.45, 2.75) is 64.1 Å². The van der Waals surface area contributed by atoms with Gasteiger partial charge in [0.15, 0.2) is 0 Å². The highest BCUT2D eigenvalue weighted by Crippen LogP contribution is 2.27. The molecule has 0 amide bonds. The average Bonchev–Trinajstić information content (AvgIpc) is 2.84. The summed E-state index contributed by atoms with van der Waals surface area (Å²) in [5.41, 5.74) is 0. The van der Waals surface area contributed by atoms with Gasteiger partial charge in [0.05, 0.1) is 12.2 Å². The Morgan fingerprint density at radius 1 is 1.13 bits per heavy atom. The summed E-state index contributed by atoms with van der Waals surface area (Å²) in [6.45, 7) is 4.44. The first-order chi connectivity index (χ1) is 7.34. The van der Waals surface area contributed by atoms with E-state index < -0.39 is 0 Å². The van der Waals surface area contributed by atoms with Crippen LogP contribution in [0.2, 0.25) is 0 Å². The molecule has 2 heteroatoms. The number of ether oxygens (including phenoxy) is 1. The zero-order chi connectivity index (χ0) is 10.5. The lowest BCUT2D eigenvalue weighted by Gasteiger charge is -2.13. The molecular formula is C13H25NO. The summed E-state index contributed by atoms with van der Waals surface area (Å²) in [4.78, 5) is 0. The average molecular weight is 211 g/mol. The zero-order valence-corrected chi connectivity index (χ0v) is 10.0. The van der Waals surface area contributed by atoms with E-state index in [0.29, 0.717) is 12.2 Å². The molecule has 2 unspecified atom stereocenters. The summed E-state index contributed by atoms with van der Waals surface area (Å²) in [6.07, 6.45) is 10.7. The molecule has 88 valence electrons. The molecule has 0 radical (unpaired) electrons. The second-order valence-electron chi connectivity index (χ2n) is 5.29. The molecule has 0 aromatic rings. The standard InChI is InChI=1S/C13H25NO/c1-11-6-7-13(15-11)10-14-9-8-12-4-2-3-5-12/h11-14H,2-10H2,1H3. The Balaban J connectivity index is 1.48. The van der Waals surface area contributed by atoms with Gasteiger partial charge in [-0.25, -0.2) is 0 Å². The highest BCUT2D eigenvalue weighted by atomic mass is 16.5. The lowest BCUT2D eigenvalue weighted by Crippen LogP contribution is -2.28. The lowest BCUT2D eigenvalue weighted by molar-refractivity contribution is 0.0560. The molecule has 0 aromatic carbocycles. The Bertz CT molecular complexity index is 177. The minimum atomic E-state index is 0.489. The molecule has 0 aromatic heterocycles. The molecule has 2 nitrogen and oxygen atoms in total. The van der Waals surface area contributed by atoms with Gasteiger partial charge >= 0.3 is 0 Å².